The van der Waals surface area contributed by atoms with E-state index in [9.17, 15) is 18.4 Å². The summed E-state index contributed by atoms with van der Waals surface area (Å²) >= 11 is 0. The predicted molar refractivity (Wildman–Crippen MR) is 168 cm³/mol. The number of hydrogen-bond donors (Lipinski definition) is 2. The van der Waals surface area contributed by atoms with E-state index in [0.29, 0.717) is 35.8 Å². The van der Waals surface area contributed by atoms with Crippen molar-refractivity contribution in [2.45, 2.75) is 64.8 Å². The Morgan fingerprint density at radius 2 is 1.80 bits per heavy atom. The fourth-order valence-corrected chi connectivity index (χ4v) is 5.21. The van der Waals surface area contributed by atoms with Crippen LogP contribution in [0.15, 0.2) is 54.6 Å². The van der Waals surface area contributed by atoms with Crippen molar-refractivity contribution in [2.24, 2.45) is 5.92 Å². The highest BCUT2D eigenvalue weighted by molar-refractivity contribution is 5.97. The molecule has 0 unspecified atom stereocenters. The van der Waals surface area contributed by atoms with E-state index >= 15 is 0 Å². The summed E-state index contributed by atoms with van der Waals surface area (Å²) in [5.41, 5.74) is 1.28. The largest absolute Gasteiger partial charge is 0.473 e. The number of hydrogen-bond acceptors (Lipinski definition) is 8. The minimum atomic E-state index is -0.661. The van der Waals surface area contributed by atoms with E-state index < -0.39 is 23.2 Å². The van der Waals surface area contributed by atoms with Gasteiger partial charge in [-0.2, -0.15) is 4.98 Å². The van der Waals surface area contributed by atoms with Crippen LogP contribution in [-0.4, -0.2) is 54.8 Å². The van der Waals surface area contributed by atoms with Crippen LogP contribution >= 0.6 is 0 Å². The summed E-state index contributed by atoms with van der Waals surface area (Å²) in [5, 5.41) is 6.36. The van der Waals surface area contributed by atoms with Crippen molar-refractivity contribution in [2.75, 3.05) is 41.8 Å². The number of ether oxygens (including phenoxy) is 3. The van der Waals surface area contributed by atoms with Gasteiger partial charge in [0, 0.05) is 50.4 Å². The van der Waals surface area contributed by atoms with Crippen LogP contribution in [0.3, 0.4) is 0 Å². The van der Waals surface area contributed by atoms with Crippen LogP contribution in [0.2, 0.25) is 0 Å². The molecule has 1 atom stereocenters. The number of anilines is 3. The van der Waals surface area contributed by atoms with Gasteiger partial charge in [-0.1, -0.05) is 6.07 Å². The summed E-state index contributed by atoms with van der Waals surface area (Å²) in [6, 6.07) is 13.9. The molecule has 2 aliphatic heterocycles. The molecule has 2 saturated heterocycles. The van der Waals surface area contributed by atoms with Crippen molar-refractivity contribution < 1.29 is 32.6 Å². The van der Waals surface area contributed by atoms with Crippen molar-refractivity contribution in [1.82, 2.24) is 4.98 Å². The fourth-order valence-electron chi connectivity index (χ4n) is 5.21. The number of benzene rings is 2. The molecule has 0 radical (unpaired) electrons. The molecule has 2 aliphatic rings. The lowest BCUT2D eigenvalue weighted by molar-refractivity contribution is -0.117. The Kier molecular flexibility index (Phi) is 10.2. The molecule has 3 heterocycles. The molecule has 11 heteroatoms. The molecule has 0 bridgehead atoms. The third-order valence-corrected chi connectivity index (χ3v) is 7.75. The van der Waals surface area contributed by atoms with Crippen molar-refractivity contribution in [1.29, 1.82) is 0 Å². The Bertz CT molecular complexity index is 1500. The van der Waals surface area contributed by atoms with E-state index in [1.54, 1.807) is 24.3 Å². The molecule has 1 aromatic heterocycles. The number of halogens is 2. The third-order valence-electron chi connectivity index (χ3n) is 7.75. The van der Waals surface area contributed by atoms with Gasteiger partial charge in [0.1, 0.15) is 29.7 Å². The topological polar surface area (TPSA) is 102 Å². The van der Waals surface area contributed by atoms with Crippen LogP contribution in [-0.2, 0) is 20.9 Å². The molecule has 5 rings (SSSR count). The third kappa shape index (κ3) is 9.13. The Hall–Kier alpha value is -4.25. The summed E-state index contributed by atoms with van der Waals surface area (Å²) in [6.07, 6.45) is 3.04. The number of nitrogens with one attached hydrogen (secondary N) is 2. The van der Waals surface area contributed by atoms with E-state index in [1.165, 1.54) is 12.1 Å². The summed E-state index contributed by atoms with van der Waals surface area (Å²) in [7, 11) is 0. The smallest absolute Gasteiger partial charge is 0.338 e. The molecule has 2 fully saturated rings. The van der Waals surface area contributed by atoms with Gasteiger partial charge < -0.3 is 29.7 Å². The SMILES string of the molecule is CC(C)(C)OC(=O)c1ccc(NC(=O)CC2CCN(c3cccc(OCc4ccc(F)cc4F)n3)CC2)c(NC[C@@H]2CCO2)c1. The minimum absolute atomic E-state index is 0.0604. The second-order valence-electron chi connectivity index (χ2n) is 12.5. The molecule has 240 valence electrons. The van der Waals surface area contributed by atoms with E-state index in [1.807, 2.05) is 32.9 Å². The van der Waals surface area contributed by atoms with E-state index in [2.05, 4.69) is 20.5 Å². The maximum Gasteiger partial charge on any atom is 0.338 e. The molecule has 0 aliphatic carbocycles. The molecule has 0 saturated carbocycles. The van der Waals surface area contributed by atoms with Gasteiger partial charge in [-0.05, 0) is 82.3 Å². The number of pyridine rings is 1. The van der Waals surface area contributed by atoms with Gasteiger partial charge in [-0.25, -0.2) is 13.6 Å². The number of aromatic nitrogens is 1. The van der Waals surface area contributed by atoms with E-state index in [4.69, 9.17) is 14.2 Å². The van der Waals surface area contributed by atoms with E-state index in [0.717, 1.165) is 50.8 Å². The lowest BCUT2D eigenvalue weighted by Crippen LogP contribution is -2.35. The summed E-state index contributed by atoms with van der Waals surface area (Å²) in [4.78, 5) is 32.5. The first kappa shape index (κ1) is 32.2. The molecule has 9 nitrogen and oxygen atoms in total. The Balaban J connectivity index is 1.14. The molecular weight excluding hydrogens is 582 g/mol. The Labute approximate surface area is 262 Å². The number of esters is 1. The van der Waals surface area contributed by atoms with Crippen molar-refractivity contribution in [3.05, 3.63) is 77.4 Å². The lowest BCUT2D eigenvalue weighted by Gasteiger charge is -2.32. The second kappa shape index (κ2) is 14.2. The number of piperidine rings is 1. The van der Waals surface area contributed by atoms with Crippen molar-refractivity contribution >= 4 is 29.1 Å². The first-order valence-electron chi connectivity index (χ1n) is 15.3. The summed E-state index contributed by atoms with van der Waals surface area (Å²) in [5.74, 6) is -0.530. The van der Waals surface area contributed by atoms with Gasteiger partial charge in [0.25, 0.3) is 0 Å². The van der Waals surface area contributed by atoms with Crippen molar-refractivity contribution in [3.63, 3.8) is 0 Å². The molecule has 45 heavy (non-hydrogen) atoms. The van der Waals surface area contributed by atoms with Gasteiger partial charge >= 0.3 is 5.97 Å². The van der Waals surface area contributed by atoms with Crippen LogP contribution in [0.25, 0.3) is 0 Å². The highest BCUT2D eigenvalue weighted by atomic mass is 19.1. The van der Waals surface area contributed by atoms with Crippen LogP contribution < -0.4 is 20.3 Å². The molecular formula is C34H40F2N4O5. The van der Waals surface area contributed by atoms with Gasteiger partial charge in [-0.15, -0.1) is 0 Å². The predicted octanol–water partition coefficient (Wildman–Crippen LogP) is 6.34. The Morgan fingerprint density at radius 1 is 1.02 bits per heavy atom. The number of carbonyl (C=O) groups excluding carboxylic acids is 2. The number of rotatable bonds is 11. The zero-order valence-electron chi connectivity index (χ0n) is 25.9. The van der Waals surface area contributed by atoms with Crippen LogP contribution in [0.5, 0.6) is 5.88 Å². The van der Waals surface area contributed by atoms with Crippen LogP contribution in [0.4, 0.5) is 26.0 Å². The molecule has 3 aromatic rings. The number of carbonyl (C=O) groups is 2. The summed E-state index contributed by atoms with van der Waals surface area (Å²) in [6.45, 7) is 8.15. The average Bonchev–Trinajstić information content (AvgIpc) is 2.96. The standard InChI is InChI=1S/C34H40F2N4O5/c1-34(2,3)45-33(42)23-8-10-28(29(18-23)37-20-26-13-16-43-26)38-31(41)17-22-11-14-40(15-12-22)30-5-4-6-32(39-30)44-21-24-7-9-25(35)19-27(24)36/h4-10,18-19,22,26,37H,11-17,20-21H2,1-3H3,(H,38,41)/t26-/m0/s1. The van der Waals surface area contributed by atoms with Gasteiger partial charge in [-0.3, -0.25) is 4.79 Å². The number of nitrogens with zero attached hydrogens (tertiary/aromatic N) is 2. The Morgan fingerprint density at radius 3 is 2.49 bits per heavy atom. The van der Waals surface area contributed by atoms with Crippen LogP contribution in [0.1, 0.15) is 62.4 Å². The van der Waals surface area contributed by atoms with Gasteiger partial charge in [0.2, 0.25) is 11.8 Å². The zero-order chi connectivity index (χ0) is 32.0. The fraction of sp³-hybridized carbons (Fsp3) is 0.441. The maximum absolute atomic E-state index is 14.0. The van der Waals surface area contributed by atoms with Crippen LogP contribution in [0, 0.1) is 17.6 Å². The number of amides is 1. The quantitative estimate of drug-likeness (QED) is 0.239. The molecule has 2 aromatic carbocycles. The molecule has 2 N–H and O–H groups in total. The second-order valence-corrected chi connectivity index (χ2v) is 12.5. The lowest BCUT2D eigenvalue weighted by atomic mass is 9.93. The molecule has 0 spiro atoms. The highest BCUT2D eigenvalue weighted by Gasteiger charge is 2.25. The summed E-state index contributed by atoms with van der Waals surface area (Å²) < 4.78 is 43.9. The normalized spacial score (nSPS) is 16.9. The minimum Gasteiger partial charge on any atom is -0.473 e. The van der Waals surface area contributed by atoms with E-state index in [-0.39, 0.29) is 30.1 Å². The first-order valence-corrected chi connectivity index (χ1v) is 15.3. The van der Waals surface area contributed by atoms with Gasteiger partial charge in [0.05, 0.1) is 23.0 Å². The monoisotopic (exact) mass is 622 g/mol. The maximum atomic E-state index is 14.0. The molecule has 1 amide bonds. The van der Waals surface area contributed by atoms with Gasteiger partial charge in [0.15, 0.2) is 0 Å². The zero-order valence-corrected chi connectivity index (χ0v) is 25.9. The average molecular weight is 623 g/mol. The van der Waals surface area contributed by atoms with Crippen molar-refractivity contribution in [3.8, 4) is 5.88 Å². The highest BCUT2D eigenvalue weighted by Crippen LogP contribution is 2.29. The first-order chi connectivity index (χ1) is 21.5.